The van der Waals surface area contributed by atoms with Crippen LogP contribution in [-0.4, -0.2) is 7.05 Å². The van der Waals surface area contributed by atoms with Crippen LogP contribution in [0.15, 0.2) is 30.9 Å². The molecule has 0 amide bonds. The molecule has 0 fully saturated rings. The zero-order valence-corrected chi connectivity index (χ0v) is 10.1. The largest absolute Gasteiger partial charge is 0.388 e. The van der Waals surface area contributed by atoms with Crippen LogP contribution in [0.25, 0.3) is 5.57 Å². The van der Waals surface area contributed by atoms with Gasteiger partial charge in [0.25, 0.3) is 0 Å². The van der Waals surface area contributed by atoms with Crippen molar-refractivity contribution in [2.75, 3.05) is 12.4 Å². The van der Waals surface area contributed by atoms with E-state index >= 15 is 0 Å². The van der Waals surface area contributed by atoms with E-state index < -0.39 is 0 Å². The molecule has 1 N–H and O–H groups in total. The van der Waals surface area contributed by atoms with Gasteiger partial charge in [0.2, 0.25) is 0 Å². The van der Waals surface area contributed by atoms with Crippen LogP contribution in [0.3, 0.4) is 0 Å². The lowest BCUT2D eigenvalue weighted by molar-refractivity contribution is 1.30. The minimum Gasteiger partial charge on any atom is -0.388 e. The molecule has 1 aromatic rings. The van der Waals surface area contributed by atoms with Gasteiger partial charge in [0.05, 0.1) is 0 Å². The van der Waals surface area contributed by atoms with E-state index in [0.717, 1.165) is 22.4 Å². The normalized spacial score (nSPS) is 9.87. The van der Waals surface area contributed by atoms with Crippen molar-refractivity contribution in [1.82, 2.24) is 0 Å². The third-order valence-electron chi connectivity index (χ3n) is 2.80. The zero-order valence-electron chi connectivity index (χ0n) is 10.1. The van der Waals surface area contributed by atoms with E-state index in [-0.39, 0.29) is 0 Å². The fourth-order valence-corrected chi connectivity index (χ4v) is 1.54. The highest BCUT2D eigenvalue weighted by atomic mass is 14.8. The van der Waals surface area contributed by atoms with Crippen LogP contribution in [-0.2, 0) is 0 Å². The molecule has 0 spiro atoms. The number of hydrogen-bond donors (Lipinski definition) is 1. The van der Waals surface area contributed by atoms with Gasteiger partial charge in [0.1, 0.15) is 0 Å². The highest BCUT2D eigenvalue weighted by molar-refractivity contribution is 5.79. The van der Waals surface area contributed by atoms with Crippen molar-refractivity contribution < 1.29 is 0 Å². The molecule has 0 aromatic heterocycles. The molecule has 0 heterocycles. The van der Waals surface area contributed by atoms with Crippen LogP contribution >= 0.6 is 0 Å². The van der Waals surface area contributed by atoms with Gasteiger partial charge >= 0.3 is 0 Å². The standard InChI is InChI=1S/C14H19N/c1-9(2)11(4)13-7-10(3)12(5)14(8-13)15-6/h7-8,15H,1,4H2,2-3,5-6H3. The number of allylic oxidation sites excluding steroid dienone is 2. The van der Waals surface area contributed by atoms with Crippen LogP contribution in [0.4, 0.5) is 5.69 Å². The molecule has 0 aliphatic rings. The molecule has 1 rings (SSSR count). The van der Waals surface area contributed by atoms with Crippen molar-refractivity contribution in [3.63, 3.8) is 0 Å². The van der Waals surface area contributed by atoms with Crippen LogP contribution in [0, 0.1) is 13.8 Å². The molecule has 0 unspecified atom stereocenters. The van der Waals surface area contributed by atoms with Crippen molar-refractivity contribution in [1.29, 1.82) is 0 Å². The summed E-state index contributed by atoms with van der Waals surface area (Å²) in [5, 5.41) is 3.20. The van der Waals surface area contributed by atoms with E-state index in [1.54, 1.807) is 0 Å². The molecule has 1 aromatic carbocycles. The summed E-state index contributed by atoms with van der Waals surface area (Å²) in [6.45, 7) is 14.2. The number of benzene rings is 1. The molecule has 0 atom stereocenters. The highest BCUT2D eigenvalue weighted by Gasteiger charge is 2.05. The van der Waals surface area contributed by atoms with Crippen molar-refractivity contribution in [2.45, 2.75) is 20.8 Å². The monoisotopic (exact) mass is 201 g/mol. The first-order valence-electron chi connectivity index (χ1n) is 5.11. The predicted molar refractivity (Wildman–Crippen MR) is 69.3 cm³/mol. The third-order valence-corrected chi connectivity index (χ3v) is 2.80. The molecule has 0 aliphatic heterocycles. The summed E-state index contributed by atoms with van der Waals surface area (Å²) in [4.78, 5) is 0. The maximum absolute atomic E-state index is 4.04. The Bertz CT molecular complexity index is 414. The Morgan fingerprint density at radius 1 is 1.20 bits per heavy atom. The Morgan fingerprint density at radius 3 is 2.27 bits per heavy atom. The lowest BCUT2D eigenvalue weighted by atomic mass is 9.96. The molecule has 15 heavy (non-hydrogen) atoms. The molecule has 0 saturated heterocycles. The number of nitrogens with one attached hydrogen (secondary N) is 1. The summed E-state index contributed by atoms with van der Waals surface area (Å²) in [6, 6.07) is 4.28. The summed E-state index contributed by atoms with van der Waals surface area (Å²) in [7, 11) is 1.94. The van der Waals surface area contributed by atoms with Crippen LogP contribution in [0.2, 0.25) is 0 Å². The van der Waals surface area contributed by atoms with E-state index in [1.807, 2.05) is 14.0 Å². The average molecular weight is 201 g/mol. The molecular weight excluding hydrogens is 182 g/mol. The quantitative estimate of drug-likeness (QED) is 0.730. The van der Waals surface area contributed by atoms with E-state index in [0.29, 0.717) is 0 Å². The number of aryl methyl sites for hydroxylation is 1. The second kappa shape index (κ2) is 4.35. The maximum Gasteiger partial charge on any atom is 0.0376 e. The predicted octanol–water partition coefficient (Wildman–Crippen LogP) is 3.93. The van der Waals surface area contributed by atoms with Gasteiger partial charge in [-0.15, -0.1) is 0 Å². The Balaban J connectivity index is 3.28. The van der Waals surface area contributed by atoms with Gasteiger partial charge in [-0.05, 0) is 49.1 Å². The van der Waals surface area contributed by atoms with Crippen LogP contribution in [0.1, 0.15) is 23.6 Å². The fraction of sp³-hybridized carbons (Fsp3) is 0.286. The van der Waals surface area contributed by atoms with Gasteiger partial charge < -0.3 is 5.32 Å². The molecule has 0 radical (unpaired) electrons. The molecule has 80 valence electrons. The van der Waals surface area contributed by atoms with Gasteiger partial charge in [-0.1, -0.05) is 24.8 Å². The van der Waals surface area contributed by atoms with Crippen LogP contribution < -0.4 is 5.32 Å². The van der Waals surface area contributed by atoms with Crippen molar-refractivity contribution in [2.24, 2.45) is 0 Å². The summed E-state index contributed by atoms with van der Waals surface area (Å²) in [6.07, 6.45) is 0. The first-order chi connectivity index (χ1) is 6.97. The second-order valence-corrected chi connectivity index (χ2v) is 3.97. The van der Waals surface area contributed by atoms with E-state index in [9.17, 15) is 0 Å². The smallest absolute Gasteiger partial charge is 0.0376 e. The Hall–Kier alpha value is -1.50. The van der Waals surface area contributed by atoms with Gasteiger partial charge in [-0.3, -0.25) is 0 Å². The fourth-order valence-electron chi connectivity index (χ4n) is 1.54. The molecule has 1 nitrogen and oxygen atoms in total. The molecule has 1 heteroatoms. The van der Waals surface area contributed by atoms with Gasteiger partial charge in [0, 0.05) is 12.7 Å². The first-order valence-corrected chi connectivity index (χ1v) is 5.11. The highest BCUT2D eigenvalue weighted by Crippen LogP contribution is 2.27. The minimum absolute atomic E-state index is 1.01. The Labute approximate surface area is 92.5 Å². The lowest BCUT2D eigenvalue weighted by Gasteiger charge is -2.13. The van der Waals surface area contributed by atoms with E-state index in [2.05, 4.69) is 44.5 Å². The number of anilines is 1. The topological polar surface area (TPSA) is 12.0 Å². The summed E-state index contributed by atoms with van der Waals surface area (Å²) < 4.78 is 0. The number of rotatable bonds is 3. The summed E-state index contributed by atoms with van der Waals surface area (Å²) in [5.41, 5.74) is 6.90. The second-order valence-electron chi connectivity index (χ2n) is 3.97. The maximum atomic E-state index is 4.04. The molecule has 0 aliphatic carbocycles. The van der Waals surface area contributed by atoms with E-state index in [4.69, 9.17) is 0 Å². The number of hydrogen-bond acceptors (Lipinski definition) is 1. The molecule has 0 saturated carbocycles. The Morgan fingerprint density at radius 2 is 1.80 bits per heavy atom. The van der Waals surface area contributed by atoms with Crippen molar-refractivity contribution >= 4 is 11.3 Å². The SMILES string of the molecule is C=C(C)C(=C)c1cc(C)c(C)c(NC)c1. The van der Waals surface area contributed by atoms with E-state index in [1.165, 1.54) is 11.1 Å². The van der Waals surface area contributed by atoms with Gasteiger partial charge in [-0.25, -0.2) is 0 Å². The zero-order chi connectivity index (χ0) is 11.6. The lowest BCUT2D eigenvalue weighted by Crippen LogP contribution is -1.96. The summed E-state index contributed by atoms with van der Waals surface area (Å²) in [5.74, 6) is 0. The summed E-state index contributed by atoms with van der Waals surface area (Å²) >= 11 is 0. The van der Waals surface area contributed by atoms with Crippen molar-refractivity contribution in [3.05, 3.63) is 47.6 Å². The molecule has 0 bridgehead atoms. The van der Waals surface area contributed by atoms with Gasteiger partial charge in [-0.2, -0.15) is 0 Å². The molecular formula is C14H19N. The van der Waals surface area contributed by atoms with Crippen LogP contribution in [0.5, 0.6) is 0 Å². The van der Waals surface area contributed by atoms with Crippen molar-refractivity contribution in [3.8, 4) is 0 Å². The average Bonchev–Trinajstić information content (AvgIpc) is 2.20. The minimum atomic E-state index is 1.01. The van der Waals surface area contributed by atoms with Gasteiger partial charge in [0.15, 0.2) is 0 Å². The Kier molecular flexibility index (Phi) is 3.35. The third kappa shape index (κ3) is 2.30. The first kappa shape index (κ1) is 11.6.